The van der Waals surface area contributed by atoms with Crippen molar-refractivity contribution in [2.75, 3.05) is 18.5 Å². The van der Waals surface area contributed by atoms with E-state index >= 15 is 0 Å². The Bertz CT molecular complexity index is 1520. The number of hydrogen-bond acceptors (Lipinski definition) is 4. The second kappa shape index (κ2) is 8.39. The highest BCUT2D eigenvalue weighted by Crippen LogP contribution is 2.54. The normalized spacial score (nSPS) is 19.6. The number of carbonyl (C=O) groups is 1. The molecule has 0 saturated heterocycles. The predicted octanol–water partition coefficient (Wildman–Crippen LogP) is 6.42. The predicted molar refractivity (Wildman–Crippen MR) is 138 cm³/mol. The number of benzene rings is 3. The van der Waals surface area contributed by atoms with E-state index in [1.807, 2.05) is 62.4 Å². The van der Waals surface area contributed by atoms with Crippen LogP contribution in [0.1, 0.15) is 36.1 Å². The molecule has 0 spiro atoms. The molecule has 39 heavy (non-hydrogen) atoms. The number of halogens is 4. The molecule has 1 N–H and O–H groups in total. The summed E-state index contributed by atoms with van der Waals surface area (Å²) in [7, 11) is 1.40. The summed E-state index contributed by atoms with van der Waals surface area (Å²) in [6, 6.07) is 18.1. The highest BCUT2D eigenvalue weighted by molar-refractivity contribution is 5.99. The van der Waals surface area contributed by atoms with Crippen molar-refractivity contribution in [3.05, 3.63) is 89.0 Å². The van der Waals surface area contributed by atoms with Gasteiger partial charge in [-0.05, 0) is 61.4 Å². The van der Waals surface area contributed by atoms with Gasteiger partial charge in [0.2, 0.25) is 0 Å². The highest BCUT2D eigenvalue weighted by atomic mass is 19.3. The van der Waals surface area contributed by atoms with Crippen molar-refractivity contribution in [3.63, 3.8) is 0 Å². The largest absolute Gasteiger partial charge is 0.487 e. The standard InChI is InChI=1S/C29H25F4N3O3/c1-27(2)15-19-13-18(9-11-23(19)38-27)25-21(17-7-5-4-6-8-17)16-36(34-25)26(37)35(3)20-10-12-24-22(14-20)28(30,31)29(32,33)39-24/h4-14,34H,15-16H2,1-3H3. The van der Waals surface area contributed by atoms with Crippen molar-refractivity contribution in [2.45, 2.75) is 37.9 Å². The fourth-order valence-electron chi connectivity index (χ4n) is 5.18. The van der Waals surface area contributed by atoms with E-state index in [2.05, 4.69) is 10.2 Å². The van der Waals surface area contributed by atoms with E-state index in [0.29, 0.717) is 0 Å². The van der Waals surface area contributed by atoms with Gasteiger partial charge in [0.05, 0.1) is 17.8 Å². The number of hydrogen-bond donors (Lipinski definition) is 1. The number of anilines is 1. The molecule has 6 rings (SSSR count). The first kappa shape index (κ1) is 25.1. The Morgan fingerprint density at radius 3 is 2.38 bits per heavy atom. The summed E-state index contributed by atoms with van der Waals surface area (Å²) in [5.41, 5.74) is 6.35. The molecule has 3 aliphatic rings. The van der Waals surface area contributed by atoms with Gasteiger partial charge in [-0.25, -0.2) is 9.80 Å². The van der Waals surface area contributed by atoms with Gasteiger partial charge in [-0.1, -0.05) is 30.3 Å². The first-order chi connectivity index (χ1) is 18.4. The van der Waals surface area contributed by atoms with Crippen LogP contribution in [0.15, 0.2) is 66.7 Å². The van der Waals surface area contributed by atoms with Crippen LogP contribution in [0.5, 0.6) is 11.5 Å². The zero-order valence-corrected chi connectivity index (χ0v) is 21.4. The first-order valence-corrected chi connectivity index (χ1v) is 12.4. The molecule has 0 saturated carbocycles. The van der Waals surface area contributed by atoms with Gasteiger partial charge in [-0.3, -0.25) is 10.3 Å². The number of hydrazine groups is 1. The number of rotatable bonds is 3. The quantitative estimate of drug-likeness (QED) is 0.390. The minimum absolute atomic E-state index is 0.0214. The maximum Gasteiger partial charge on any atom is 0.469 e. The van der Waals surface area contributed by atoms with E-state index in [9.17, 15) is 22.4 Å². The third-order valence-electron chi connectivity index (χ3n) is 7.15. The van der Waals surface area contributed by atoms with Gasteiger partial charge in [0.25, 0.3) is 0 Å². The molecule has 3 aromatic carbocycles. The maximum absolute atomic E-state index is 14.3. The number of fused-ring (bicyclic) bond motifs is 2. The van der Waals surface area contributed by atoms with Crippen LogP contribution in [0.2, 0.25) is 0 Å². The van der Waals surface area contributed by atoms with E-state index < -0.39 is 29.4 Å². The topological polar surface area (TPSA) is 54.0 Å². The highest BCUT2D eigenvalue weighted by Gasteiger charge is 2.66. The third-order valence-corrected chi connectivity index (χ3v) is 7.15. The second-order valence-electron chi connectivity index (χ2n) is 10.5. The van der Waals surface area contributed by atoms with Crippen LogP contribution in [-0.4, -0.2) is 36.3 Å². The Kier molecular flexibility index (Phi) is 5.40. The molecule has 0 fully saturated rings. The Labute approximate surface area is 222 Å². The van der Waals surface area contributed by atoms with Gasteiger partial charge >= 0.3 is 18.1 Å². The van der Waals surface area contributed by atoms with E-state index in [1.54, 1.807) is 0 Å². The number of nitrogens with zero attached hydrogens (tertiary/aromatic N) is 2. The second-order valence-corrected chi connectivity index (χ2v) is 10.5. The molecule has 3 heterocycles. The van der Waals surface area contributed by atoms with Gasteiger partial charge in [0, 0.05) is 30.3 Å². The summed E-state index contributed by atoms with van der Waals surface area (Å²) in [6.45, 7) is 4.23. The van der Waals surface area contributed by atoms with Gasteiger partial charge in [-0.15, -0.1) is 0 Å². The Morgan fingerprint density at radius 2 is 1.64 bits per heavy atom. The Balaban J connectivity index is 1.30. The fraction of sp³-hybridized carbons (Fsp3) is 0.276. The number of nitrogens with one attached hydrogen (secondary N) is 1. The van der Waals surface area contributed by atoms with E-state index in [4.69, 9.17) is 4.74 Å². The molecule has 6 nitrogen and oxygen atoms in total. The van der Waals surface area contributed by atoms with Crippen molar-refractivity contribution in [3.8, 4) is 11.5 Å². The minimum atomic E-state index is -4.66. The van der Waals surface area contributed by atoms with Gasteiger partial charge in [0.1, 0.15) is 17.1 Å². The van der Waals surface area contributed by atoms with Crippen molar-refractivity contribution in [1.82, 2.24) is 10.4 Å². The lowest BCUT2D eigenvalue weighted by atomic mass is 9.97. The Hall–Kier alpha value is -4.21. The van der Waals surface area contributed by atoms with E-state index in [0.717, 1.165) is 57.2 Å². The average molecular weight is 540 g/mol. The first-order valence-electron chi connectivity index (χ1n) is 12.4. The molecule has 3 aliphatic heterocycles. The summed E-state index contributed by atoms with van der Waals surface area (Å²) < 4.78 is 66.1. The van der Waals surface area contributed by atoms with Crippen LogP contribution in [0.25, 0.3) is 11.3 Å². The van der Waals surface area contributed by atoms with Crippen LogP contribution in [-0.2, 0) is 12.3 Å². The number of amides is 2. The van der Waals surface area contributed by atoms with Crippen molar-refractivity contribution in [1.29, 1.82) is 0 Å². The number of ether oxygens (including phenoxy) is 2. The molecule has 0 aromatic heterocycles. The molecule has 0 aliphatic carbocycles. The lowest BCUT2D eigenvalue weighted by Crippen LogP contribution is -2.45. The fourth-order valence-corrected chi connectivity index (χ4v) is 5.18. The number of urea groups is 1. The summed E-state index contributed by atoms with van der Waals surface area (Å²) in [5.74, 6) is -4.32. The Morgan fingerprint density at radius 1 is 0.923 bits per heavy atom. The summed E-state index contributed by atoms with van der Waals surface area (Å²) >= 11 is 0. The molecule has 0 bridgehead atoms. The smallest absolute Gasteiger partial charge is 0.469 e. The summed E-state index contributed by atoms with van der Waals surface area (Å²) in [6.07, 6.45) is -3.92. The molecule has 0 radical (unpaired) electrons. The van der Waals surface area contributed by atoms with Crippen LogP contribution in [0, 0.1) is 0 Å². The molecule has 3 aromatic rings. The lowest BCUT2D eigenvalue weighted by Gasteiger charge is -2.26. The van der Waals surface area contributed by atoms with Crippen LogP contribution < -0.4 is 19.8 Å². The molecule has 2 amide bonds. The van der Waals surface area contributed by atoms with E-state index in [1.165, 1.54) is 18.1 Å². The monoisotopic (exact) mass is 539 g/mol. The number of carbonyl (C=O) groups excluding carboxylic acids is 1. The van der Waals surface area contributed by atoms with Crippen molar-refractivity contribution >= 4 is 23.0 Å². The van der Waals surface area contributed by atoms with E-state index in [-0.39, 0.29) is 17.8 Å². The zero-order chi connectivity index (χ0) is 27.7. The molecule has 0 atom stereocenters. The average Bonchev–Trinajstić information content (AvgIpc) is 3.52. The number of alkyl halides is 4. The van der Waals surface area contributed by atoms with Crippen LogP contribution in [0.4, 0.5) is 28.0 Å². The van der Waals surface area contributed by atoms with Gasteiger partial charge in [0.15, 0.2) is 0 Å². The lowest BCUT2D eigenvalue weighted by molar-refractivity contribution is -0.296. The molecule has 10 heteroatoms. The third kappa shape index (κ3) is 4.05. The van der Waals surface area contributed by atoms with Crippen molar-refractivity contribution < 1.29 is 31.8 Å². The molecular formula is C29H25F4N3O3. The molecule has 0 unspecified atom stereocenters. The van der Waals surface area contributed by atoms with Gasteiger partial charge < -0.3 is 9.47 Å². The van der Waals surface area contributed by atoms with Gasteiger partial charge in [-0.2, -0.15) is 17.6 Å². The molecule has 202 valence electrons. The maximum atomic E-state index is 14.3. The minimum Gasteiger partial charge on any atom is -0.487 e. The van der Waals surface area contributed by atoms with Crippen LogP contribution >= 0.6 is 0 Å². The van der Waals surface area contributed by atoms with Crippen LogP contribution in [0.3, 0.4) is 0 Å². The van der Waals surface area contributed by atoms with Crippen molar-refractivity contribution in [2.24, 2.45) is 0 Å². The molecular weight excluding hydrogens is 514 g/mol. The SMILES string of the molecule is CN(C(=O)N1CC(c2ccccc2)=C(c2ccc3c(c2)CC(C)(C)O3)N1)c1ccc2c(c1)C(F)(F)C(F)(F)O2. The zero-order valence-electron chi connectivity index (χ0n) is 21.4. The summed E-state index contributed by atoms with van der Waals surface area (Å²) in [5, 5.41) is 1.36. The summed E-state index contributed by atoms with van der Waals surface area (Å²) in [4.78, 5) is 14.7.